The van der Waals surface area contributed by atoms with Crippen LogP contribution >= 0.6 is 11.6 Å². The topological polar surface area (TPSA) is 78.9 Å². The lowest BCUT2D eigenvalue weighted by molar-refractivity contribution is -0.119. The third-order valence-electron chi connectivity index (χ3n) is 6.97. The highest BCUT2D eigenvalue weighted by Crippen LogP contribution is 2.40. The van der Waals surface area contributed by atoms with Gasteiger partial charge in [-0.3, -0.25) is 4.79 Å². The Morgan fingerprint density at radius 1 is 1.15 bits per heavy atom. The molecule has 3 heterocycles. The van der Waals surface area contributed by atoms with Crippen molar-refractivity contribution in [3.05, 3.63) is 76.1 Å². The lowest BCUT2D eigenvalue weighted by atomic mass is 9.82. The minimum absolute atomic E-state index is 0.0345. The van der Waals surface area contributed by atoms with E-state index in [-0.39, 0.29) is 5.91 Å². The zero-order valence-corrected chi connectivity index (χ0v) is 20.4. The summed E-state index contributed by atoms with van der Waals surface area (Å²) in [7, 11) is 0. The molecule has 0 spiro atoms. The minimum atomic E-state index is -0.548. The molecule has 0 aliphatic carbocycles. The molecule has 3 N–H and O–H groups in total. The van der Waals surface area contributed by atoms with E-state index in [4.69, 9.17) is 16.6 Å². The standard InChI is InChI=1S/C27H30ClN5O/c1-27(2)24-18(5-3-7-23(24)32-25(27)34)10-13-22-21(28)16-30-26(33-22)31-20-11-8-17(9-12-20)19-6-4-14-29-15-19/h3,5,7-9,11-12,16,19,29H,4,6,10,13-15H2,1-2H3,(H,32,34)(H,30,31,33). The second-order valence-corrected chi connectivity index (χ2v) is 10.1. The summed E-state index contributed by atoms with van der Waals surface area (Å²) >= 11 is 6.44. The molecule has 1 fully saturated rings. The Labute approximate surface area is 205 Å². The number of carbonyl (C=O) groups is 1. The van der Waals surface area contributed by atoms with Gasteiger partial charge in [-0.15, -0.1) is 0 Å². The van der Waals surface area contributed by atoms with Gasteiger partial charge in [0.1, 0.15) is 0 Å². The van der Waals surface area contributed by atoms with Gasteiger partial charge in [0.25, 0.3) is 0 Å². The molecule has 3 aromatic rings. The van der Waals surface area contributed by atoms with E-state index < -0.39 is 5.41 Å². The van der Waals surface area contributed by atoms with Crippen molar-refractivity contribution >= 4 is 34.8 Å². The predicted octanol–water partition coefficient (Wildman–Crippen LogP) is 5.36. The zero-order chi connectivity index (χ0) is 23.7. The number of anilines is 3. The normalized spacial score (nSPS) is 18.9. The summed E-state index contributed by atoms with van der Waals surface area (Å²) in [6, 6.07) is 14.6. The van der Waals surface area contributed by atoms with Gasteiger partial charge in [-0.2, -0.15) is 0 Å². The zero-order valence-electron chi connectivity index (χ0n) is 19.6. The fraction of sp³-hybridized carbons (Fsp3) is 0.370. The van der Waals surface area contributed by atoms with Crippen LogP contribution in [0.5, 0.6) is 0 Å². The Balaban J connectivity index is 1.29. The van der Waals surface area contributed by atoms with Gasteiger partial charge < -0.3 is 16.0 Å². The molecule has 34 heavy (non-hydrogen) atoms. The molecule has 1 unspecified atom stereocenters. The summed E-state index contributed by atoms with van der Waals surface area (Å²) in [6.07, 6.45) is 5.50. The number of hydrogen-bond donors (Lipinski definition) is 3. The van der Waals surface area contributed by atoms with Crippen molar-refractivity contribution in [2.75, 3.05) is 23.7 Å². The van der Waals surface area contributed by atoms with Crippen LogP contribution in [0.25, 0.3) is 0 Å². The number of aryl methyl sites for hydroxylation is 2. The van der Waals surface area contributed by atoms with Crippen LogP contribution in [0.1, 0.15) is 55.0 Å². The van der Waals surface area contributed by atoms with Gasteiger partial charge in [-0.05, 0) is 86.9 Å². The first-order chi connectivity index (χ1) is 16.4. The molecule has 1 atom stereocenters. The van der Waals surface area contributed by atoms with Crippen LogP contribution in [-0.4, -0.2) is 29.0 Å². The highest BCUT2D eigenvalue weighted by Gasteiger charge is 2.39. The number of nitrogens with one attached hydrogen (secondary N) is 3. The summed E-state index contributed by atoms with van der Waals surface area (Å²) in [6.45, 7) is 6.09. The molecular weight excluding hydrogens is 446 g/mol. The van der Waals surface area contributed by atoms with Crippen molar-refractivity contribution in [2.45, 2.75) is 50.9 Å². The molecule has 0 bridgehead atoms. The number of carbonyl (C=O) groups excluding carboxylic acids is 1. The largest absolute Gasteiger partial charge is 0.325 e. The van der Waals surface area contributed by atoms with E-state index in [2.05, 4.69) is 51.3 Å². The highest BCUT2D eigenvalue weighted by molar-refractivity contribution is 6.31. The Hall–Kier alpha value is -2.96. The molecule has 0 radical (unpaired) electrons. The fourth-order valence-electron chi connectivity index (χ4n) is 5.04. The SMILES string of the molecule is CC1(C)C(=O)Nc2cccc(CCc3nc(Nc4ccc(C5CCCNC5)cc4)ncc3Cl)c21. The third-order valence-corrected chi connectivity index (χ3v) is 7.29. The van der Waals surface area contributed by atoms with Crippen LogP contribution < -0.4 is 16.0 Å². The molecule has 1 amide bonds. The van der Waals surface area contributed by atoms with Crippen LogP contribution in [0.3, 0.4) is 0 Å². The Morgan fingerprint density at radius 3 is 2.74 bits per heavy atom. The second kappa shape index (κ2) is 9.35. The molecule has 2 aliphatic heterocycles. The number of rotatable bonds is 6. The van der Waals surface area contributed by atoms with Crippen LogP contribution in [0, 0.1) is 0 Å². The van der Waals surface area contributed by atoms with Crippen LogP contribution in [0.4, 0.5) is 17.3 Å². The summed E-state index contributed by atoms with van der Waals surface area (Å²) in [4.78, 5) is 21.5. The van der Waals surface area contributed by atoms with Gasteiger partial charge in [-0.1, -0.05) is 35.9 Å². The number of fused-ring (bicyclic) bond motifs is 1. The predicted molar refractivity (Wildman–Crippen MR) is 137 cm³/mol. The first-order valence-electron chi connectivity index (χ1n) is 11.9. The molecule has 1 saturated heterocycles. The third kappa shape index (κ3) is 4.52. The van der Waals surface area contributed by atoms with Gasteiger partial charge in [-0.25, -0.2) is 9.97 Å². The first kappa shape index (κ1) is 22.8. The van der Waals surface area contributed by atoms with Crippen LogP contribution in [0.15, 0.2) is 48.7 Å². The molecule has 0 saturated carbocycles. The molecular formula is C27H30ClN5O. The Kier molecular flexibility index (Phi) is 6.28. The highest BCUT2D eigenvalue weighted by atomic mass is 35.5. The molecule has 2 aromatic carbocycles. The van der Waals surface area contributed by atoms with Gasteiger partial charge in [0.05, 0.1) is 22.3 Å². The molecule has 2 aliphatic rings. The number of aromatic nitrogens is 2. The smallest absolute Gasteiger partial charge is 0.234 e. The van der Waals surface area contributed by atoms with Crippen molar-refractivity contribution in [2.24, 2.45) is 0 Å². The average molecular weight is 476 g/mol. The van der Waals surface area contributed by atoms with Crippen molar-refractivity contribution in [1.82, 2.24) is 15.3 Å². The molecule has 5 rings (SSSR count). The van der Waals surface area contributed by atoms with Gasteiger partial charge in [0.2, 0.25) is 11.9 Å². The number of hydrogen-bond acceptors (Lipinski definition) is 5. The maximum absolute atomic E-state index is 12.4. The minimum Gasteiger partial charge on any atom is -0.325 e. The van der Waals surface area contributed by atoms with Crippen molar-refractivity contribution in [3.8, 4) is 0 Å². The fourth-order valence-corrected chi connectivity index (χ4v) is 5.22. The molecule has 7 heteroatoms. The van der Waals surface area contributed by atoms with E-state index in [1.165, 1.54) is 18.4 Å². The summed E-state index contributed by atoms with van der Waals surface area (Å²) in [5, 5.41) is 10.3. The lowest BCUT2D eigenvalue weighted by Crippen LogP contribution is -2.28. The van der Waals surface area contributed by atoms with Gasteiger partial charge in [0, 0.05) is 17.9 Å². The first-order valence-corrected chi connectivity index (χ1v) is 12.3. The van der Waals surface area contributed by atoms with Gasteiger partial charge in [0.15, 0.2) is 0 Å². The Morgan fingerprint density at radius 2 is 1.97 bits per heavy atom. The van der Waals surface area contributed by atoms with Crippen LogP contribution in [-0.2, 0) is 23.1 Å². The van der Waals surface area contributed by atoms with E-state index >= 15 is 0 Å². The maximum Gasteiger partial charge on any atom is 0.234 e. The number of amides is 1. The van der Waals surface area contributed by atoms with Crippen LogP contribution in [0.2, 0.25) is 5.02 Å². The quantitative estimate of drug-likeness (QED) is 0.447. The lowest BCUT2D eigenvalue weighted by Gasteiger charge is -2.23. The second-order valence-electron chi connectivity index (χ2n) is 9.70. The summed E-state index contributed by atoms with van der Waals surface area (Å²) in [5.74, 6) is 1.14. The summed E-state index contributed by atoms with van der Waals surface area (Å²) in [5.41, 5.74) is 5.66. The summed E-state index contributed by atoms with van der Waals surface area (Å²) < 4.78 is 0. The van der Waals surface area contributed by atoms with E-state index in [0.29, 0.717) is 23.3 Å². The van der Waals surface area contributed by atoms with E-state index in [0.717, 1.165) is 47.7 Å². The van der Waals surface area contributed by atoms with Crippen molar-refractivity contribution in [1.29, 1.82) is 0 Å². The number of benzene rings is 2. The van der Waals surface area contributed by atoms with E-state index in [9.17, 15) is 4.79 Å². The molecule has 176 valence electrons. The van der Waals surface area contributed by atoms with Gasteiger partial charge >= 0.3 is 0 Å². The van der Waals surface area contributed by atoms with E-state index in [1.807, 2.05) is 26.0 Å². The maximum atomic E-state index is 12.4. The molecule has 6 nitrogen and oxygen atoms in total. The van der Waals surface area contributed by atoms with Crippen molar-refractivity contribution in [3.63, 3.8) is 0 Å². The number of nitrogens with zero attached hydrogens (tertiary/aromatic N) is 2. The molecule has 1 aromatic heterocycles. The van der Waals surface area contributed by atoms with Crippen molar-refractivity contribution < 1.29 is 4.79 Å². The van der Waals surface area contributed by atoms with E-state index in [1.54, 1.807) is 6.20 Å². The number of halogens is 1. The average Bonchev–Trinajstić information content (AvgIpc) is 3.09. The monoisotopic (exact) mass is 475 g/mol. The number of piperidine rings is 1. The Bertz CT molecular complexity index is 1200.